The molecule has 1 aromatic carbocycles. The Hall–Kier alpha value is -3.45. The van der Waals surface area contributed by atoms with Gasteiger partial charge in [0.1, 0.15) is 29.9 Å². The van der Waals surface area contributed by atoms with Gasteiger partial charge in [0.25, 0.3) is 17.5 Å². The molecule has 3 amide bonds. The molecule has 36 heavy (non-hydrogen) atoms. The number of esters is 1. The number of benzene rings is 1. The summed E-state index contributed by atoms with van der Waals surface area (Å²) in [4.78, 5) is 64.0. The Balaban J connectivity index is 1.77. The molecular weight excluding hydrogens is 494 g/mol. The number of hydrogen-bond acceptors (Lipinski definition) is 10. The minimum Gasteiger partial charge on any atom is -0.456 e. The maximum absolute atomic E-state index is 13.2. The van der Waals surface area contributed by atoms with Crippen LogP contribution in [-0.2, 0) is 35.2 Å². The van der Waals surface area contributed by atoms with Crippen LogP contribution in [-0.4, -0.2) is 75.1 Å². The first kappa shape index (κ1) is 27.1. The van der Waals surface area contributed by atoms with Gasteiger partial charge < -0.3 is 14.2 Å². The second-order valence-electron chi connectivity index (χ2n) is 9.16. The Labute approximate surface area is 211 Å². The van der Waals surface area contributed by atoms with E-state index in [9.17, 15) is 29.3 Å². The van der Waals surface area contributed by atoms with Crippen LogP contribution in [0.1, 0.15) is 33.3 Å². The number of thioether (sulfide) groups is 1. The number of methoxy groups -OCH3 is 1. The summed E-state index contributed by atoms with van der Waals surface area (Å²) in [5, 5.41) is 10.1. The van der Waals surface area contributed by atoms with Crippen molar-refractivity contribution in [1.82, 2.24) is 9.80 Å². The average molecular weight is 522 g/mol. The standard InChI is InChI=1S/C23H27N3O9S/c1-13-12-36-20-18(24(16(27)11-33-5)22(30)35-23(2,3)4)19(28)25(20)17(13)21(29)34-10-14-6-8-15(9-7-14)26(31)32/h6-9,18,20H,10-12H2,1-5H3/t18-,20+/m1/s1. The van der Waals surface area contributed by atoms with Crippen LogP contribution in [0.3, 0.4) is 0 Å². The fraction of sp³-hybridized carbons (Fsp3) is 0.478. The highest BCUT2D eigenvalue weighted by Gasteiger charge is 2.58. The van der Waals surface area contributed by atoms with E-state index in [0.717, 1.165) is 4.90 Å². The smallest absolute Gasteiger partial charge is 0.417 e. The highest BCUT2D eigenvalue weighted by molar-refractivity contribution is 8.00. The Bertz CT molecular complexity index is 1110. The van der Waals surface area contributed by atoms with Crippen LogP contribution in [0.4, 0.5) is 10.5 Å². The van der Waals surface area contributed by atoms with E-state index in [1.54, 1.807) is 27.7 Å². The van der Waals surface area contributed by atoms with Crippen molar-refractivity contribution in [1.29, 1.82) is 0 Å². The number of nitrogens with zero attached hydrogens (tertiary/aromatic N) is 3. The molecule has 0 unspecified atom stereocenters. The van der Waals surface area contributed by atoms with Gasteiger partial charge in [-0.2, -0.15) is 0 Å². The van der Waals surface area contributed by atoms with E-state index in [2.05, 4.69) is 0 Å². The van der Waals surface area contributed by atoms with Crippen molar-refractivity contribution < 1.29 is 38.3 Å². The van der Waals surface area contributed by atoms with Crippen LogP contribution < -0.4 is 0 Å². The summed E-state index contributed by atoms with van der Waals surface area (Å²) >= 11 is 1.31. The van der Waals surface area contributed by atoms with Gasteiger partial charge in [-0.15, -0.1) is 11.8 Å². The van der Waals surface area contributed by atoms with Crippen molar-refractivity contribution in [2.75, 3.05) is 19.5 Å². The first-order chi connectivity index (χ1) is 16.9. The van der Waals surface area contributed by atoms with Gasteiger partial charge in [0.2, 0.25) is 0 Å². The summed E-state index contributed by atoms with van der Waals surface area (Å²) in [6.45, 7) is 6.01. The van der Waals surface area contributed by atoms with E-state index in [4.69, 9.17) is 14.2 Å². The maximum Gasteiger partial charge on any atom is 0.417 e. The van der Waals surface area contributed by atoms with E-state index >= 15 is 0 Å². The predicted octanol–water partition coefficient (Wildman–Crippen LogP) is 2.61. The SMILES string of the molecule is COCC(=O)N(C(=O)OC(C)(C)C)[C@@H]1C(=O)N2C(C(=O)OCc3ccc([N+](=O)[O-])cc3)=C(C)CS[C@@H]12. The largest absolute Gasteiger partial charge is 0.456 e. The lowest BCUT2D eigenvalue weighted by Gasteiger charge is -2.52. The molecule has 2 atom stereocenters. The lowest BCUT2D eigenvalue weighted by molar-refractivity contribution is -0.384. The average Bonchev–Trinajstić information content (AvgIpc) is 2.79. The van der Waals surface area contributed by atoms with Crippen molar-refractivity contribution in [2.24, 2.45) is 0 Å². The minimum atomic E-state index is -1.17. The zero-order valence-corrected chi connectivity index (χ0v) is 21.3. The summed E-state index contributed by atoms with van der Waals surface area (Å²) in [5.74, 6) is -1.74. The number of β-lactam (4-membered cyclic amide) rings is 1. The highest BCUT2D eigenvalue weighted by Crippen LogP contribution is 2.43. The number of fused-ring (bicyclic) bond motifs is 1. The lowest BCUT2D eigenvalue weighted by atomic mass is 10.0. The number of nitro groups is 1. The predicted molar refractivity (Wildman–Crippen MR) is 127 cm³/mol. The number of carbonyl (C=O) groups excluding carboxylic acids is 4. The first-order valence-electron chi connectivity index (χ1n) is 10.9. The van der Waals surface area contributed by atoms with Gasteiger partial charge in [0, 0.05) is 25.0 Å². The molecule has 0 saturated carbocycles. The quantitative estimate of drug-likeness (QED) is 0.227. The van der Waals surface area contributed by atoms with Gasteiger partial charge in [0.15, 0.2) is 6.04 Å². The summed E-state index contributed by atoms with van der Waals surface area (Å²) in [7, 11) is 1.29. The number of hydrogen-bond donors (Lipinski definition) is 0. The molecule has 12 nitrogen and oxygen atoms in total. The van der Waals surface area contributed by atoms with E-state index in [1.165, 1.54) is 48.0 Å². The van der Waals surface area contributed by atoms with Gasteiger partial charge in [0.05, 0.1) is 4.92 Å². The molecule has 2 aliphatic heterocycles. The highest BCUT2D eigenvalue weighted by atomic mass is 32.2. The zero-order valence-electron chi connectivity index (χ0n) is 20.5. The Kier molecular flexibility index (Phi) is 8.04. The van der Waals surface area contributed by atoms with Gasteiger partial charge in [-0.05, 0) is 51.0 Å². The molecule has 0 aromatic heterocycles. The molecule has 194 valence electrons. The molecule has 0 spiro atoms. The number of ether oxygens (including phenoxy) is 3. The van der Waals surface area contributed by atoms with E-state index in [-0.39, 0.29) is 18.0 Å². The second kappa shape index (κ2) is 10.7. The second-order valence-corrected chi connectivity index (χ2v) is 10.3. The van der Waals surface area contributed by atoms with Crippen molar-refractivity contribution in [2.45, 2.75) is 51.3 Å². The summed E-state index contributed by atoms with van der Waals surface area (Å²) in [5.41, 5.74) is 0.181. The fourth-order valence-corrected chi connectivity index (χ4v) is 4.99. The minimum absolute atomic E-state index is 0.0465. The summed E-state index contributed by atoms with van der Waals surface area (Å²) in [6, 6.07) is 4.37. The zero-order chi connectivity index (χ0) is 26.8. The number of carbonyl (C=O) groups is 4. The Morgan fingerprint density at radius 1 is 1.22 bits per heavy atom. The molecule has 0 N–H and O–H groups in total. The number of amides is 3. The number of non-ortho nitro benzene ring substituents is 1. The van der Waals surface area contributed by atoms with Crippen molar-refractivity contribution in [3.63, 3.8) is 0 Å². The Morgan fingerprint density at radius 2 is 1.86 bits per heavy atom. The monoisotopic (exact) mass is 521 g/mol. The maximum atomic E-state index is 13.2. The third-order valence-corrected chi connectivity index (χ3v) is 6.66. The third-order valence-electron chi connectivity index (χ3n) is 5.25. The van der Waals surface area contributed by atoms with Crippen LogP contribution in [0.2, 0.25) is 0 Å². The van der Waals surface area contributed by atoms with Crippen LogP contribution in [0, 0.1) is 10.1 Å². The van der Waals surface area contributed by atoms with E-state index in [0.29, 0.717) is 16.9 Å². The number of nitro benzene ring substituents is 1. The molecule has 2 aliphatic rings. The summed E-state index contributed by atoms with van der Waals surface area (Å²) < 4.78 is 15.6. The molecular formula is C23H27N3O9S. The van der Waals surface area contributed by atoms with Crippen LogP contribution in [0.25, 0.3) is 0 Å². The Morgan fingerprint density at radius 3 is 2.42 bits per heavy atom. The van der Waals surface area contributed by atoms with Crippen LogP contribution in [0.15, 0.2) is 35.5 Å². The molecule has 0 radical (unpaired) electrons. The molecule has 1 aromatic rings. The fourth-order valence-electron chi connectivity index (χ4n) is 3.65. The normalized spacial score (nSPS) is 19.2. The number of imide groups is 1. The molecule has 1 fully saturated rings. The third kappa shape index (κ3) is 5.68. The number of rotatable bonds is 7. The van der Waals surface area contributed by atoms with Gasteiger partial charge in [-0.25, -0.2) is 14.5 Å². The van der Waals surface area contributed by atoms with Crippen molar-refractivity contribution >= 4 is 41.3 Å². The lowest BCUT2D eigenvalue weighted by Crippen LogP contribution is -2.72. The first-order valence-corrected chi connectivity index (χ1v) is 12.0. The molecule has 1 saturated heterocycles. The molecule has 3 rings (SSSR count). The van der Waals surface area contributed by atoms with Crippen LogP contribution in [0.5, 0.6) is 0 Å². The van der Waals surface area contributed by atoms with Gasteiger partial charge in [-0.1, -0.05) is 0 Å². The summed E-state index contributed by atoms with van der Waals surface area (Å²) in [6.07, 6.45) is -0.975. The molecule has 2 heterocycles. The van der Waals surface area contributed by atoms with E-state index < -0.39 is 52.4 Å². The van der Waals surface area contributed by atoms with Crippen LogP contribution >= 0.6 is 11.8 Å². The van der Waals surface area contributed by atoms with Gasteiger partial charge >= 0.3 is 12.1 Å². The molecule has 0 bridgehead atoms. The van der Waals surface area contributed by atoms with Crippen molar-refractivity contribution in [3.05, 3.63) is 51.2 Å². The molecule has 13 heteroatoms. The van der Waals surface area contributed by atoms with E-state index in [1.807, 2.05) is 0 Å². The topological polar surface area (TPSA) is 146 Å². The van der Waals surface area contributed by atoms with Gasteiger partial charge in [-0.3, -0.25) is 24.6 Å². The molecule has 0 aliphatic carbocycles. The van der Waals surface area contributed by atoms with Crippen molar-refractivity contribution in [3.8, 4) is 0 Å².